The largest absolute Gasteiger partial charge is 0.383 e. The standard InChI is InChI=1S/C22H22N6O3/c1-27-11-17(10-25-27)16-8-19(20(23)24-9-16)21(30)26-18-6-7-28(12-18)22(31)15-4-2-14(13-29)3-5-15/h2-5,8-11,13,18H,6-7,12H2,1H3,(H2,23,24)(H,26,30)/t18-/m1/s1. The number of amides is 2. The predicted molar refractivity (Wildman–Crippen MR) is 114 cm³/mol. The van der Waals surface area contributed by atoms with E-state index in [1.54, 1.807) is 52.3 Å². The van der Waals surface area contributed by atoms with E-state index >= 15 is 0 Å². The molecule has 0 radical (unpaired) electrons. The van der Waals surface area contributed by atoms with Crippen LogP contribution < -0.4 is 11.1 Å². The van der Waals surface area contributed by atoms with Crippen molar-refractivity contribution in [2.45, 2.75) is 12.5 Å². The van der Waals surface area contributed by atoms with Gasteiger partial charge in [-0.25, -0.2) is 4.98 Å². The van der Waals surface area contributed by atoms with Crippen LogP contribution in [0.25, 0.3) is 11.1 Å². The van der Waals surface area contributed by atoms with Crippen molar-refractivity contribution in [3.8, 4) is 11.1 Å². The van der Waals surface area contributed by atoms with Crippen LogP contribution in [0.1, 0.15) is 37.5 Å². The van der Waals surface area contributed by atoms with Crippen LogP contribution in [0.2, 0.25) is 0 Å². The Labute approximate surface area is 178 Å². The first-order chi connectivity index (χ1) is 14.9. The smallest absolute Gasteiger partial charge is 0.255 e. The molecule has 1 aliphatic heterocycles. The van der Waals surface area contributed by atoms with Crippen molar-refractivity contribution < 1.29 is 14.4 Å². The highest BCUT2D eigenvalue weighted by Crippen LogP contribution is 2.22. The van der Waals surface area contributed by atoms with E-state index in [4.69, 9.17) is 5.73 Å². The molecule has 0 spiro atoms. The van der Waals surface area contributed by atoms with Gasteiger partial charge in [-0.3, -0.25) is 19.1 Å². The number of benzene rings is 1. The number of hydrogen-bond acceptors (Lipinski definition) is 6. The monoisotopic (exact) mass is 418 g/mol. The number of aryl methyl sites for hydroxylation is 1. The van der Waals surface area contributed by atoms with Crippen LogP contribution in [0.5, 0.6) is 0 Å². The quantitative estimate of drug-likeness (QED) is 0.606. The zero-order valence-corrected chi connectivity index (χ0v) is 17.0. The van der Waals surface area contributed by atoms with Crippen molar-refractivity contribution in [2.75, 3.05) is 18.8 Å². The van der Waals surface area contributed by atoms with E-state index in [2.05, 4.69) is 15.4 Å². The summed E-state index contributed by atoms with van der Waals surface area (Å²) in [6, 6.07) is 8.00. The first-order valence-corrected chi connectivity index (χ1v) is 9.84. The molecule has 1 aliphatic rings. The Bertz CT molecular complexity index is 1140. The number of nitrogens with two attached hydrogens (primary N) is 1. The first kappa shape index (κ1) is 20.3. The van der Waals surface area contributed by atoms with Crippen molar-refractivity contribution in [1.29, 1.82) is 0 Å². The van der Waals surface area contributed by atoms with Crippen molar-refractivity contribution in [1.82, 2.24) is 25.0 Å². The van der Waals surface area contributed by atoms with Crippen LogP contribution in [-0.4, -0.2) is 56.9 Å². The third-order valence-corrected chi connectivity index (χ3v) is 5.31. The summed E-state index contributed by atoms with van der Waals surface area (Å²) in [5.74, 6) is -0.314. The minimum atomic E-state index is -0.328. The molecular weight excluding hydrogens is 396 g/mol. The van der Waals surface area contributed by atoms with Gasteiger partial charge in [0.25, 0.3) is 11.8 Å². The number of pyridine rings is 1. The fourth-order valence-corrected chi connectivity index (χ4v) is 3.60. The Hall–Kier alpha value is -4.01. The number of nitrogens with zero attached hydrogens (tertiary/aromatic N) is 4. The van der Waals surface area contributed by atoms with E-state index < -0.39 is 0 Å². The average molecular weight is 418 g/mol. The summed E-state index contributed by atoms with van der Waals surface area (Å²) < 4.78 is 1.67. The number of likely N-dealkylation sites (tertiary alicyclic amines) is 1. The molecule has 0 unspecified atom stereocenters. The molecule has 3 heterocycles. The number of nitrogen functional groups attached to an aromatic ring is 1. The van der Waals surface area contributed by atoms with Gasteiger partial charge in [0.2, 0.25) is 0 Å². The van der Waals surface area contributed by atoms with Gasteiger partial charge in [0.15, 0.2) is 0 Å². The van der Waals surface area contributed by atoms with Crippen LogP contribution in [0.15, 0.2) is 48.9 Å². The fraction of sp³-hybridized carbons (Fsp3) is 0.227. The summed E-state index contributed by atoms with van der Waals surface area (Å²) in [7, 11) is 1.81. The predicted octanol–water partition coefficient (Wildman–Crippen LogP) is 1.52. The van der Waals surface area contributed by atoms with Gasteiger partial charge in [-0.2, -0.15) is 5.10 Å². The Morgan fingerprint density at radius 1 is 1.19 bits per heavy atom. The molecule has 3 N–H and O–H groups in total. The zero-order valence-electron chi connectivity index (χ0n) is 17.0. The van der Waals surface area contributed by atoms with Crippen LogP contribution >= 0.6 is 0 Å². The molecule has 3 aromatic rings. The number of aldehydes is 1. The zero-order chi connectivity index (χ0) is 22.0. The number of carbonyl (C=O) groups is 3. The van der Waals surface area contributed by atoms with Gasteiger partial charge in [-0.1, -0.05) is 12.1 Å². The maximum Gasteiger partial charge on any atom is 0.255 e. The topological polar surface area (TPSA) is 123 Å². The molecular formula is C22H22N6O3. The van der Waals surface area contributed by atoms with Gasteiger partial charge < -0.3 is 16.0 Å². The summed E-state index contributed by atoms with van der Waals surface area (Å²) >= 11 is 0. The third kappa shape index (κ3) is 4.30. The van der Waals surface area contributed by atoms with Gasteiger partial charge in [0.1, 0.15) is 12.1 Å². The number of hydrogen-bond donors (Lipinski definition) is 2. The summed E-state index contributed by atoms with van der Waals surface area (Å²) in [4.78, 5) is 42.1. The molecule has 1 aromatic carbocycles. The van der Waals surface area contributed by atoms with E-state index in [1.807, 2.05) is 13.2 Å². The Morgan fingerprint density at radius 2 is 1.97 bits per heavy atom. The molecule has 1 saturated heterocycles. The molecule has 158 valence electrons. The number of aromatic nitrogens is 3. The van der Waals surface area contributed by atoms with E-state index in [-0.39, 0.29) is 29.2 Å². The Kier molecular flexibility index (Phi) is 5.48. The molecule has 2 amide bonds. The molecule has 31 heavy (non-hydrogen) atoms. The highest BCUT2D eigenvalue weighted by atomic mass is 16.2. The lowest BCUT2D eigenvalue weighted by Crippen LogP contribution is -2.38. The molecule has 9 heteroatoms. The lowest BCUT2D eigenvalue weighted by molar-refractivity contribution is 0.0783. The molecule has 0 saturated carbocycles. The van der Waals surface area contributed by atoms with Crippen molar-refractivity contribution in [3.63, 3.8) is 0 Å². The highest BCUT2D eigenvalue weighted by molar-refractivity contribution is 6.00. The number of rotatable bonds is 5. The molecule has 4 rings (SSSR count). The van der Waals surface area contributed by atoms with E-state index in [0.717, 1.165) is 17.4 Å². The van der Waals surface area contributed by atoms with Gasteiger partial charge in [-0.15, -0.1) is 0 Å². The van der Waals surface area contributed by atoms with E-state index in [0.29, 0.717) is 30.6 Å². The van der Waals surface area contributed by atoms with Crippen LogP contribution in [-0.2, 0) is 7.05 Å². The van der Waals surface area contributed by atoms with Crippen LogP contribution in [0, 0.1) is 0 Å². The number of nitrogens with one attached hydrogen (secondary N) is 1. The molecule has 0 aliphatic carbocycles. The minimum Gasteiger partial charge on any atom is -0.383 e. The Morgan fingerprint density at radius 3 is 2.65 bits per heavy atom. The molecule has 1 fully saturated rings. The fourth-order valence-electron chi connectivity index (χ4n) is 3.60. The first-order valence-electron chi connectivity index (χ1n) is 9.84. The van der Waals surface area contributed by atoms with Crippen LogP contribution in [0.4, 0.5) is 5.82 Å². The van der Waals surface area contributed by atoms with Gasteiger partial charge >= 0.3 is 0 Å². The molecule has 0 bridgehead atoms. The molecule has 2 aromatic heterocycles. The number of carbonyl (C=O) groups excluding carboxylic acids is 3. The van der Waals surface area contributed by atoms with Crippen molar-refractivity contribution in [2.24, 2.45) is 7.05 Å². The summed E-state index contributed by atoms with van der Waals surface area (Å²) in [5.41, 5.74) is 8.83. The normalized spacial score (nSPS) is 15.6. The SMILES string of the molecule is Cn1cc(-c2cnc(N)c(C(=O)N[C@@H]3CCN(C(=O)c4ccc(C=O)cc4)C3)c2)cn1. The van der Waals surface area contributed by atoms with E-state index in [1.165, 1.54) is 0 Å². The summed E-state index contributed by atoms with van der Waals surface area (Å²) in [6.07, 6.45) is 6.50. The number of anilines is 1. The average Bonchev–Trinajstić information content (AvgIpc) is 3.42. The maximum absolute atomic E-state index is 12.8. The summed E-state index contributed by atoms with van der Waals surface area (Å²) in [5, 5.41) is 7.09. The molecule has 9 nitrogen and oxygen atoms in total. The second-order valence-electron chi connectivity index (χ2n) is 7.51. The third-order valence-electron chi connectivity index (χ3n) is 5.31. The second-order valence-corrected chi connectivity index (χ2v) is 7.51. The molecule has 1 atom stereocenters. The van der Waals surface area contributed by atoms with Crippen molar-refractivity contribution in [3.05, 3.63) is 65.6 Å². The van der Waals surface area contributed by atoms with Crippen molar-refractivity contribution >= 4 is 23.9 Å². The maximum atomic E-state index is 12.8. The minimum absolute atomic E-state index is 0.131. The van der Waals surface area contributed by atoms with Gasteiger partial charge in [0.05, 0.1) is 11.8 Å². The summed E-state index contributed by atoms with van der Waals surface area (Å²) in [6.45, 7) is 0.929. The second kappa shape index (κ2) is 8.39. The van der Waals surface area contributed by atoms with Crippen LogP contribution in [0.3, 0.4) is 0 Å². The Balaban J connectivity index is 1.42. The lowest BCUT2D eigenvalue weighted by Gasteiger charge is -2.17. The van der Waals surface area contributed by atoms with E-state index in [9.17, 15) is 14.4 Å². The lowest BCUT2D eigenvalue weighted by atomic mass is 10.1. The van der Waals surface area contributed by atoms with Gasteiger partial charge in [0, 0.05) is 60.8 Å². The highest BCUT2D eigenvalue weighted by Gasteiger charge is 2.28. The van der Waals surface area contributed by atoms with Gasteiger partial charge in [-0.05, 0) is 24.6 Å².